The average molecular weight is 1060 g/mol. The van der Waals surface area contributed by atoms with E-state index in [0.29, 0.717) is 26.1 Å². The van der Waals surface area contributed by atoms with E-state index in [2.05, 4.69) is 66.0 Å². The molecule has 10 atom stereocenters. The van der Waals surface area contributed by atoms with Crippen molar-refractivity contribution in [3.63, 3.8) is 0 Å². The first-order chi connectivity index (χ1) is 36.6. The molecule has 6 amide bonds. The van der Waals surface area contributed by atoms with Gasteiger partial charge in [0.15, 0.2) is 0 Å². The molecule has 0 unspecified atom stereocenters. The van der Waals surface area contributed by atoms with Crippen molar-refractivity contribution < 1.29 is 38.2 Å². The molecule has 0 radical (unpaired) electrons. The molecule has 3 saturated heterocycles. The van der Waals surface area contributed by atoms with Crippen LogP contribution < -0.4 is 31.9 Å². The van der Waals surface area contributed by atoms with Gasteiger partial charge in [-0.2, -0.15) is 0 Å². The molecule has 3 aliphatic heterocycles. The summed E-state index contributed by atoms with van der Waals surface area (Å²) in [7, 11) is 3.41. The zero-order valence-corrected chi connectivity index (χ0v) is 46.7. The van der Waals surface area contributed by atoms with E-state index in [-0.39, 0.29) is 84.7 Å². The minimum Gasteiger partial charge on any atom is -0.376 e. The molecule has 0 bridgehead atoms. The number of fused-ring (bicyclic) bond motifs is 2. The van der Waals surface area contributed by atoms with E-state index in [0.717, 1.165) is 102 Å². The van der Waals surface area contributed by atoms with Crippen LogP contribution in [0.4, 0.5) is 0 Å². The highest BCUT2D eigenvalue weighted by Gasteiger charge is 2.46. The second-order valence-corrected chi connectivity index (χ2v) is 22.6. The number of carbonyl (C=O) groups is 6. The van der Waals surface area contributed by atoms with Gasteiger partial charge in [-0.3, -0.25) is 28.8 Å². The number of hydrogen-bond donors (Lipinski definition) is 6. The molecule has 0 aromatic heterocycles. The third kappa shape index (κ3) is 15.2. The lowest BCUT2D eigenvalue weighted by molar-refractivity contribution is -0.143. The minimum atomic E-state index is -0.787. The maximum Gasteiger partial charge on any atom is 0.246 e. The first-order valence-electron chi connectivity index (χ1n) is 28.6. The van der Waals surface area contributed by atoms with Crippen molar-refractivity contribution >= 4 is 35.4 Å². The zero-order chi connectivity index (χ0) is 54.5. The van der Waals surface area contributed by atoms with Gasteiger partial charge in [0, 0.05) is 78.4 Å². The van der Waals surface area contributed by atoms with Crippen molar-refractivity contribution in [2.75, 3.05) is 79.7 Å². The Bertz CT molecular complexity index is 2120. The van der Waals surface area contributed by atoms with Crippen LogP contribution in [0.15, 0.2) is 48.5 Å². The van der Waals surface area contributed by atoms with Crippen molar-refractivity contribution in [2.24, 2.45) is 11.8 Å². The lowest BCUT2D eigenvalue weighted by Gasteiger charge is -2.34. The number of amides is 6. The molecule has 2 aromatic carbocycles. The maximum atomic E-state index is 14.3. The van der Waals surface area contributed by atoms with Crippen molar-refractivity contribution in [3.8, 4) is 0 Å². The molecule has 0 saturated carbocycles. The largest absolute Gasteiger partial charge is 0.376 e. The molecule has 2 aliphatic carbocycles. The lowest BCUT2D eigenvalue weighted by Crippen LogP contribution is -2.57. The van der Waals surface area contributed by atoms with Gasteiger partial charge in [-0.15, -0.1) is 0 Å². The molecule has 18 heteroatoms. The Morgan fingerprint density at radius 3 is 1.32 bits per heavy atom. The van der Waals surface area contributed by atoms with E-state index in [9.17, 15) is 28.8 Å². The van der Waals surface area contributed by atoms with E-state index in [1.165, 1.54) is 11.1 Å². The number of aryl methyl sites for hydroxylation is 2. The van der Waals surface area contributed by atoms with Gasteiger partial charge in [0.05, 0.1) is 36.4 Å². The summed E-state index contributed by atoms with van der Waals surface area (Å²) in [4.78, 5) is 91.2. The molecule has 5 aliphatic rings. The summed E-state index contributed by atoms with van der Waals surface area (Å²) in [6.07, 6.45) is 7.36. The van der Waals surface area contributed by atoms with E-state index in [1.807, 2.05) is 52.0 Å². The SMILES string of the molecule is CN[C@@H](C)C(=O)N[C@H](C(=O)N1C[C@@H](OCCCN2CCN(CCCO[C@H]3C[C@@H](C(=O)N[C@@H]4CCCc5ccccc54)N(C(=O)[C@@H](NC(=O)[C@H](C)NC)C(C)C)C3)CC2)C[C@H]1C(=O)N[C@@H]1CCCc2ccccc21)C(C)C. The Morgan fingerprint density at radius 2 is 0.947 bits per heavy atom. The summed E-state index contributed by atoms with van der Waals surface area (Å²) < 4.78 is 12.9. The van der Waals surface area contributed by atoms with E-state index in [1.54, 1.807) is 37.7 Å². The number of likely N-dealkylation sites (N-methyl/N-ethyl adjacent to an activating group) is 2. The molecular formula is C58H90N10O8. The third-order valence-corrected chi connectivity index (χ3v) is 16.6. The molecule has 3 heterocycles. The highest BCUT2D eigenvalue weighted by molar-refractivity contribution is 5.95. The Morgan fingerprint density at radius 1 is 0.566 bits per heavy atom. The quantitative estimate of drug-likeness (QED) is 0.0840. The number of ether oxygens (including phenoxy) is 2. The number of piperazine rings is 1. The number of nitrogens with one attached hydrogen (secondary N) is 6. The normalized spacial score (nSPS) is 24.6. The number of benzene rings is 2. The van der Waals surface area contributed by atoms with Gasteiger partial charge >= 0.3 is 0 Å². The predicted molar refractivity (Wildman–Crippen MR) is 293 cm³/mol. The van der Waals surface area contributed by atoms with Crippen molar-refractivity contribution in [3.05, 3.63) is 70.8 Å². The first-order valence-corrected chi connectivity index (χ1v) is 28.6. The lowest BCUT2D eigenvalue weighted by atomic mass is 9.87. The highest BCUT2D eigenvalue weighted by Crippen LogP contribution is 2.33. The Balaban J connectivity index is 0.868. The van der Waals surface area contributed by atoms with Gasteiger partial charge in [-0.05, 0) is 113 Å². The van der Waals surface area contributed by atoms with Gasteiger partial charge in [0.2, 0.25) is 35.4 Å². The molecule has 2 aromatic rings. The van der Waals surface area contributed by atoms with Crippen LogP contribution in [0.3, 0.4) is 0 Å². The third-order valence-electron chi connectivity index (χ3n) is 16.6. The van der Waals surface area contributed by atoms with Gasteiger partial charge < -0.3 is 61.0 Å². The van der Waals surface area contributed by atoms with E-state index < -0.39 is 36.3 Å². The summed E-state index contributed by atoms with van der Waals surface area (Å²) >= 11 is 0. The summed E-state index contributed by atoms with van der Waals surface area (Å²) in [6.45, 7) is 18.1. The topological polar surface area (TPSA) is 206 Å². The van der Waals surface area contributed by atoms with Crippen LogP contribution in [-0.2, 0) is 51.1 Å². The molecule has 420 valence electrons. The van der Waals surface area contributed by atoms with Crippen LogP contribution in [0.2, 0.25) is 0 Å². The van der Waals surface area contributed by atoms with Crippen LogP contribution in [0, 0.1) is 11.8 Å². The number of likely N-dealkylation sites (tertiary alicyclic amines) is 2. The molecule has 3 fully saturated rings. The molecule has 76 heavy (non-hydrogen) atoms. The van der Waals surface area contributed by atoms with Gasteiger partial charge in [0.1, 0.15) is 24.2 Å². The smallest absolute Gasteiger partial charge is 0.246 e. The fourth-order valence-corrected chi connectivity index (χ4v) is 11.7. The Labute approximate surface area is 452 Å². The van der Waals surface area contributed by atoms with Crippen LogP contribution >= 0.6 is 0 Å². The maximum absolute atomic E-state index is 14.3. The second kappa shape index (κ2) is 28.1. The fourth-order valence-electron chi connectivity index (χ4n) is 11.7. The number of hydrogen-bond acceptors (Lipinski definition) is 12. The van der Waals surface area contributed by atoms with Gasteiger partial charge in [0.25, 0.3) is 0 Å². The molecule has 0 spiro atoms. The minimum absolute atomic E-state index is 0.124. The Kier molecular flexibility index (Phi) is 21.7. The standard InChI is InChI=1S/C58H90N10O8/c1-37(2)51(63-53(69)39(5)59-7)57(73)67-35-43(33-49(67)55(71)61-47-23-13-19-41-17-9-11-21-45(41)47)75-31-15-25-65-27-29-66(30-28-65)26-16-32-76-44-34-50(56(72)62-48-24-14-20-42-18-10-12-22-46(42)48)68(36-44)58(74)52(38(3)4)64-54(70)40(6)60-8/h9-12,17-18,21-22,37-40,43-44,47-52,59-60H,13-16,19-20,23-36H2,1-8H3,(H,61,71)(H,62,72)(H,63,69)(H,64,70)/t39-,40-,43-,44-,47+,48+,49-,50-,51-,52-/m0/s1. The van der Waals surface area contributed by atoms with Crippen LogP contribution in [0.25, 0.3) is 0 Å². The molecule has 18 nitrogen and oxygen atoms in total. The predicted octanol–water partition coefficient (Wildman–Crippen LogP) is 3.24. The van der Waals surface area contributed by atoms with Crippen LogP contribution in [-0.4, -0.2) is 183 Å². The van der Waals surface area contributed by atoms with Crippen LogP contribution in [0.5, 0.6) is 0 Å². The van der Waals surface area contributed by atoms with E-state index >= 15 is 0 Å². The van der Waals surface area contributed by atoms with E-state index in [4.69, 9.17) is 9.47 Å². The summed E-state index contributed by atoms with van der Waals surface area (Å²) in [5.74, 6) is -1.82. The summed E-state index contributed by atoms with van der Waals surface area (Å²) in [5.41, 5.74) is 4.76. The summed E-state index contributed by atoms with van der Waals surface area (Å²) in [6, 6.07) is 12.3. The zero-order valence-electron chi connectivity index (χ0n) is 46.7. The highest BCUT2D eigenvalue weighted by atomic mass is 16.5. The number of rotatable bonds is 24. The molecule has 7 rings (SSSR count). The van der Waals surface area contributed by atoms with Crippen LogP contribution in [0.1, 0.15) is 127 Å². The van der Waals surface area contributed by atoms with Gasteiger partial charge in [-0.1, -0.05) is 76.2 Å². The van der Waals surface area contributed by atoms with Gasteiger partial charge in [-0.25, -0.2) is 0 Å². The monoisotopic (exact) mass is 1050 g/mol. The first kappa shape index (κ1) is 58.7. The summed E-state index contributed by atoms with van der Waals surface area (Å²) in [5, 5.41) is 18.4. The number of nitrogens with zero attached hydrogens (tertiary/aromatic N) is 4. The molecular weight excluding hydrogens is 965 g/mol. The second-order valence-electron chi connectivity index (χ2n) is 22.6. The van der Waals surface area contributed by atoms with Crippen molar-refractivity contribution in [1.29, 1.82) is 0 Å². The van der Waals surface area contributed by atoms with Crippen molar-refractivity contribution in [2.45, 2.75) is 166 Å². The average Bonchev–Trinajstić information content (AvgIpc) is 4.07. The molecule has 6 N–H and O–H groups in total. The number of carbonyl (C=O) groups excluding carboxylic acids is 6. The fraction of sp³-hybridized carbons (Fsp3) is 0.690. The van der Waals surface area contributed by atoms with Crippen molar-refractivity contribution in [1.82, 2.24) is 51.5 Å². The Hall–Kier alpha value is -4.98.